The molecular weight excluding hydrogens is 230 g/mol. The Morgan fingerprint density at radius 3 is 2.61 bits per heavy atom. The van der Waals surface area contributed by atoms with Crippen molar-refractivity contribution in [2.75, 3.05) is 26.3 Å². The molecule has 5 nitrogen and oxygen atoms in total. The Balaban J connectivity index is 1.93. The second kappa shape index (κ2) is 6.49. The van der Waals surface area contributed by atoms with Crippen LogP contribution in [0.1, 0.15) is 5.56 Å². The Morgan fingerprint density at radius 2 is 2.00 bits per heavy atom. The first-order chi connectivity index (χ1) is 8.75. The number of nitrogens with zero attached hydrogens (tertiary/aromatic N) is 1. The summed E-state index contributed by atoms with van der Waals surface area (Å²) in [7, 11) is 0. The number of nitrogens with one attached hydrogen (secondary N) is 1. The Hall–Kier alpha value is -1.43. The first-order valence-electron chi connectivity index (χ1n) is 6.18. The number of carbonyl (C=O) groups is 1. The van der Waals surface area contributed by atoms with Crippen LogP contribution in [0, 0.1) is 0 Å². The molecule has 1 heterocycles. The van der Waals surface area contributed by atoms with E-state index in [0.717, 1.165) is 18.7 Å². The van der Waals surface area contributed by atoms with Crippen molar-refractivity contribution in [3.05, 3.63) is 35.9 Å². The van der Waals surface area contributed by atoms with E-state index in [-0.39, 0.29) is 11.9 Å². The summed E-state index contributed by atoms with van der Waals surface area (Å²) in [5.74, 6) is -0.328. The van der Waals surface area contributed by atoms with Gasteiger partial charge in [0, 0.05) is 13.1 Å². The lowest BCUT2D eigenvalue weighted by molar-refractivity contribution is -0.122. The molecule has 1 fully saturated rings. The molecule has 5 heteroatoms. The Kier molecular flexibility index (Phi) is 4.69. The molecule has 1 aromatic rings. The molecule has 3 N–H and O–H groups in total. The van der Waals surface area contributed by atoms with Gasteiger partial charge in [-0.3, -0.25) is 4.79 Å². The number of hydrogen-bond acceptors (Lipinski definition) is 4. The van der Waals surface area contributed by atoms with Gasteiger partial charge >= 0.3 is 0 Å². The molecule has 18 heavy (non-hydrogen) atoms. The minimum Gasteiger partial charge on any atom is -0.379 e. The molecule has 1 saturated heterocycles. The minimum absolute atomic E-state index is 0.328. The van der Waals surface area contributed by atoms with Crippen molar-refractivity contribution in [1.29, 1.82) is 0 Å². The van der Waals surface area contributed by atoms with E-state index in [2.05, 4.69) is 5.43 Å². The fourth-order valence-corrected chi connectivity index (χ4v) is 1.97. The third-order valence-corrected chi connectivity index (χ3v) is 2.98. The number of morpholine rings is 1. The van der Waals surface area contributed by atoms with Crippen molar-refractivity contribution < 1.29 is 9.53 Å². The molecule has 0 radical (unpaired) electrons. The summed E-state index contributed by atoms with van der Waals surface area (Å²) in [6.07, 6.45) is 0.605. The van der Waals surface area contributed by atoms with Crippen LogP contribution >= 0.6 is 0 Å². The van der Waals surface area contributed by atoms with Crippen molar-refractivity contribution in [3.8, 4) is 0 Å². The molecule has 1 aromatic carbocycles. The zero-order valence-electron chi connectivity index (χ0n) is 10.3. The van der Waals surface area contributed by atoms with E-state index in [0.29, 0.717) is 19.6 Å². The monoisotopic (exact) mass is 249 g/mol. The molecule has 98 valence electrons. The van der Waals surface area contributed by atoms with E-state index in [1.165, 1.54) is 0 Å². The van der Waals surface area contributed by atoms with E-state index in [1.54, 1.807) is 0 Å². The number of ether oxygens (including phenoxy) is 1. The van der Waals surface area contributed by atoms with Gasteiger partial charge in [-0.15, -0.1) is 0 Å². The maximum absolute atomic E-state index is 11.5. The van der Waals surface area contributed by atoms with E-state index >= 15 is 0 Å². The van der Waals surface area contributed by atoms with E-state index < -0.39 is 0 Å². The second-order valence-electron chi connectivity index (χ2n) is 4.37. The van der Waals surface area contributed by atoms with Crippen LogP contribution in [0.3, 0.4) is 0 Å². The summed E-state index contributed by atoms with van der Waals surface area (Å²) in [6.45, 7) is 2.92. The molecule has 1 aliphatic rings. The van der Waals surface area contributed by atoms with Crippen molar-refractivity contribution in [1.82, 2.24) is 10.4 Å². The minimum atomic E-state index is -0.370. The average molecular weight is 249 g/mol. The van der Waals surface area contributed by atoms with Crippen molar-refractivity contribution >= 4 is 5.91 Å². The predicted octanol–water partition coefficient (Wildman–Crippen LogP) is -0.0802. The third-order valence-electron chi connectivity index (χ3n) is 2.98. The average Bonchev–Trinajstić information content (AvgIpc) is 2.40. The number of rotatable bonds is 5. The predicted molar refractivity (Wildman–Crippen MR) is 68.7 cm³/mol. The fourth-order valence-electron chi connectivity index (χ4n) is 1.97. The van der Waals surface area contributed by atoms with E-state index in [4.69, 9.17) is 10.5 Å². The maximum Gasteiger partial charge on any atom is 0.236 e. The number of hydrazine groups is 1. The van der Waals surface area contributed by atoms with Gasteiger partial charge in [0.05, 0.1) is 13.2 Å². The Bertz CT molecular complexity index is 377. The van der Waals surface area contributed by atoms with Crippen LogP contribution in [0.25, 0.3) is 0 Å². The Morgan fingerprint density at radius 1 is 1.33 bits per heavy atom. The van der Waals surface area contributed by atoms with Crippen LogP contribution in [0.4, 0.5) is 0 Å². The van der Waals surface area contributed by atoms with Crippen LogP contribution in [-0.4, -0.2) is 43.3 Å². The standard InChI is InChI=1S/C13H19N3O2/c14-13(17)12(10-11-4-2-1-3-5-11)15-16-6-8-18-9-7-16/h1-5,12,15H,6-10H2,(H2,14,17)/t12-/m0/s1. The van der Waals surface area contributed by atoms with Crippen molar-refractivity contribution in [3.63, 3.8) is 0 Å². The largest absolute Gasteiger partial charge is 0.379 e. The maximum atomic E-state index is 11.5. The molecule has 1 amide bonds. The van der Waals surface area contributed by atoms with Gasteiger partial charge < -0.3 is 10.5 Å². The van der Waals surface area contributed by atoms with Gasteiger partial charge in [0.25, 0.3) is 0 Å². The molecule has 0 aromatic heterocycles. The summed E-state index contributed by atoms with van der Waals surface area (Å²) < 4.78 is 5.26. The van der Waals surface area contributed by atoms with Crippen LogP contribution in [0.5, 0.6) is 0 Å². The normalized spacial score (nSPS) is 18.4. The molecule has 0 saturated carbocycles. The molecule has 1 aliphatic heterocycles. The van der Waals surface area contributed by atoms with Gasteiger partial charge in [-0.25, -0.2) is 10.4 Å². The lowest BCUT2D eigenvalue weighted by atomic mass is 10.1. The molecule has 0 bridgehead atoms. The quantitative estimate of drug-likeness (QED) is 0.766. The number of amides is 1. The summed E-state index contributed by atoms with van der Waals surface area (Å²) in [5, 5.41) is 2.00. The summed E-state index contributed by atoms with van der Waals surface area (Å²) in [6, 6.07) is 9.50. The summed E-state index contributed by atoms with van der Waals surface area (Å²) in [5.41, 5.74) is 9.72. The molecule has 0 unspecified atom stereocenters. The van der Waals surface area contributed by atoms with Gasteiger partial charge in [-0.2, -0.15) is 0 Å². The molecule has 2 rings (SSSR count). The summed E-state index contributed by atoms with van der Waals surface area (Å²) >= 11 is 0. The number of carbonyl (C=O) groups excluding carboxylic acids is 1. The molecule has 0 aliphatic carbocycles. The Labute approximate surface area is 107 Å². The third kappa shape index (κ3) is 3.80. The highest BCUT2D eigenvalue weighted by Gasteiger charge is 2.20. The highest BCUT2D eigenvalue weighted by molar-refractivity contribution is 5.80. The number of nitrogens with two attached hydrogens (primary N) is 1. The number of primary amides is 1. The lowest BCUT2D eigenvalue weighted by Gasteiger charge is -2.30. The first-order valence-corrected chi connectivity index (χ1v) is 6.18. The SMILES string of the molecule is NC(=O)[C@H](Cc1ccccc1)NN1CCOCC1. The zero-order valence-corrected chi connectivity index (χ0v) is 10.3. The fraction of sp³-hybridized carbons (Fsp3) is 0.462. The van der Waals surface area contributed by atoms with Gasteiger partial charge in [0.2, 0.25) is 5.91 Å². The van der Waals surface area contributed by atoms with Crippen molar-refractivity contribution in [2.45, 2.75) is 12.5 Å². The van der Waals surface area contributed by atoms with E-state index in [1.807, 2.05) is 35.3 Å². The van der Waals surface area contributed by atoms with Gasteiger partial charge in [0.15, 0.2) is 0 Å². The van der Waals surface area contributed by atoms with Gasteiger partial charge in [0.1, 0.15) is 6.04 Å². The molecule has 0 spiro atoms. The number of hydrogen-bond donors (Lipinski definition) is 2. The van der Waals surface area contributed by atoms with Crippen LogP contribution in [-0.2, 0) is 16.0 Å². The van der Waals surface area contributed by atoms with Gasteiger partial charge in [-0.05, 0) is 12.0 Å². The first kappa shape index (κ1) is 13.0. The number of benzene rings is 1. The highest BCUT2D eigenvalue weighted by atomic mass is 16.5. The molecule has 1 atom stereocenters. The molecular formula is C13H19N3O2. The lowest BCUT2D eigenvalue weighted by Crippen LogP contribution is -2.55. The second-order valence-corrected chi connectivity index (χ2v) is 4.37. The highest BCUT2D eigenvalue weighted by Crippen LogP contribution is 2.04. The topological polar surface area (TPSA) is 67.6 Å². The smallest absolute Gasteiger partial charge is 0.236 e. The summed E-state index contributed by atoms with van der Waals surface area (Å²) in [4.78, 5) is 11.5. The van der Waals surface area contributed by atoms with Crippen molar-refractivity contribution in [2.24, 2.45) is 5.73 Å². The van der Waals surface area contributed by atoms with Crippen LogP contribution in [0.15, 0.2) is 30.3 Å². The van der Waals surface area contributed by atoms with Crippen LogP contribution in [0.2, 0.25) is 0 Å². The zero-order chi connectivity index (χ0) is 12.8. The van der Waals surface area contributed by atoms with Crippen LogP contribution < -0.4 is 11.2 Å². The van der Waals surface area contributed by atoms with E-state index in [9.17, 15) is 4.79 Å². The van der Waals surface area contributed by atoms with Gasteiger partial charge in [-0.1, -0.05) is 30.3 Å².